The van der Waals surface area contributed by atoms with Crippen molar-refractivity contribution in [2.45, 2.75) is 24.8 Å². The van der Waals surface area contributed by atoms with Crippen molar-refractivity contribution in [2.75, 3.05) is 11.7 Å². The van der Waals surface area contributed by atoms with E-state index in [1.807, 2.05) is 13.0 Å². The van der Waals surface area contributed by atoms with Crippen molar-refractivity contribution < 1.29 is 9.59 Å². The normalized spacial score (nSPS) is 15.5. The maximum absolute atomic E-state index is 12.1. The molecule has 0 radical (unpaired) electrons. The lowest BCUT2D eigenvalue weighted by Crippen LogP contribution is -2.37. The van der Waals surface area contributed by atoms with Crippen LogP contribution in [0.4, 0.5) is 5.82 Å². The summed E-state index contributed by atoms with van der Waals surface area (Å²) in [5.41, 5.74) is 2.88. The minimum absolute atomic E-state index is 0.0708. The van der Waals surface area contributed by atoms with Gasteiger partial charge in [0, 0.05) is 11.5 Å². The number of carbonyl (C=O) groups is 2. The molecule has 124 valence electrons. The van der Waals surface area contributed by atoms with Crippen LogP contribution in [0.2, 0.25) is 0 Å². The van der Waals surface area contributed by atoms with Crippen LogP contribution in [0.25, 0.3) is 0 Å². The summed E-state index contributed by atoms with van der Waals surface area (Å²) in [5, 5.41) is 10.4. The average Bonchev–Trinajstić information content (AvgIpc) is 2.78. The SMILES string of the molecule is C=CC(C)c1nc(NN2C(=O)C(C)=C(Cl)C2=O)c(C#N)c(SC)n1. The minimum atomic E-state index is -0.689. The number of halogens is 1. The molecule has 1 unspecified atom stereocenters. The number of carbonyl (C=O) groups excluding carboxylic acids is 2. The number of amides is 2. The summed E-state index contributed by atoms with van der Waals surface area (Å²) in [7, 11) is 0. The number of imide groups is 1. The molecule has 0 saturated carbocycles. The molecule has 1 aromatic rings. The topological polar surface area (TPSA) is 99.0 Å². The summed E-state index contributed by atoms with van der Waals surface area (Å²) in [6.07, 6.45) is 3.42. The second kappa shape index (κ2) is 7.03. The zero-order valence-electron chi connectivity index (χ0n) is 13.3. The smallest absolute Gasteiger partial charge is 0.270 e. The van der Waals surface area contributed by atoms with E-state index in [1.54, 1.807) is 12.3 Å². The second-order valence-electron chi connectivity index (χ2n) is 4.95. The molecule has 1 atom stereocenters. The number of allylic oxidation sites excluding steroid dienone is 1. The van der Waals surface area contributed by atoms with Gasteiger partial charge in [-0.1, -0.05) is 24.6 Å². The van der Waals surface area contributed by atoms with Gasteiger partial charge in [-0.05, 0) is 13.2 Å². The Morgan fingerprint density at radius 2 is 2.08 bits per heavy atom. The minimum Gasteiger partial charge on any atom is -0.270 e. The number of rotatable bonds is 5. The molecule has 1 aliphatic heterocycles. The molecule has 0 fully saturated rings. The van der Waals surface area contributed by atoms with Gasteiger partial charge >= 0.3 is 0 Å². The van der Waals surface area contributed by atoms with Crippen LogP contribution in [0.15, 0.2) is 28.3 Å². The molecule has 0 bridgehead atoms. The summed E-state index contributed by atoms with van der Waals surface area (Å²) in [6.45, 7) is 6.99. The van der Waals surface area contributed by atoms with E-state index in [0.29, 0.717) is 10.9 Å². The number of aromatic nitrogens is 2. The molecular weight excluding hydrogens is 350 g/mol. The van der Waals surface area contributed by atoms with Crippen LogP contribution < -0.4 is 5.43 Å². The summed E-state index contributed by atoms with van der Waals surface area (Å²) >= 11 is 7.08. The van der Waals surface area contributed by atoms with Crippen LogP contribution in [0.3, 0.4) is 0 Å². The van der Waals surface area contributed by atoms with E-state index in [1.165, 1.54) is 18.7 Å². The van der Waals surface area contributed by atoms with Gasteiger partial charge in [0.05, 0.1) is 0 Å². The fourth-order valence-corrected chi connectivity index (χ4v) is 2.61. The third-order valence-corrected chi connectivity index (χ3v) is 4.55. The summed E-state index contributed by atoms with van der Waals surface area (Å²) in [6, 6.07) is 2.00. The molecule has 0 aromatic carbocycles. The van der Waals surface area contributed by atoms with Crippen LogP contribution in [-0.2, 0) is 9.59 Å². The Hall–Kier alpha value is -2.37. The molecule has 1 aliphatic rings. The van der Waals surface area contributed by atoms with Crippen LogP contribution in [-0.4, -0.2) is 33.0 Å². The first kappa shape index (κ1) is 18.0. The van der Waals surface area contributed by atoms with Crippen LogP contribution >= 0.6 is 23.4 Å². The second-order valence-corrected chi connectivity index (χ2v) is 6.12. The van der Waals surface area contributed by atoms with Crippen molar-refractivity contribution >= 4 is 41.0 Å². The number of nitrogens with zero attached hydrogens (tertiary/aromatic N) is 4. The van der Waals surface area contributed by atoms with Crippen LogP contribution in [0.5, 0.6) is 0 Å². The molecule has 24 heavy (non-hydrogen) atoms. The lowest BCUT2D eigenvalue weighted by Gasteiger charge is -2.19. The van der Waals surface area contributed by atoms with E-state index in [0.717, 1.165) is 5.01 Å². The van der Waals surface area contributed by atoms with Crippen molar-refractivity contribution in [1.29, 1.82) is 5.26 Å². The standard InChI is InChI=1S/C15H14ClN5O2S/c1-5-7(2)11-18-12(9(6-17)13(19-11)24-4)20-21-14(22)8(3)10(16)15(21)23/h5,7H,1H2,2-4H3,(H,18,19,20). The maximum atomic E-state index is 12.1. The highest BCUT2D eigenvalue weighted by Crippen LogP contribution is 2.29. The molecule has 1 N–H and O–H groups in total. The number of hydrogen-bond donors (Lipinski definition) is 1. The molecule has 1 aromatic heterocycles. The van der Waals surface area contributed by atoms with Gasteiger partial charge in [0.25, 0.3) is 11.8 Å². The van der Waals surface area contributed by atoms with Crippen molar-refractivity contribution in [3.05, 3.63) is 34.6 Å². The highest BCUT2D eigenvalue weighted by Gasteiger charge is 2.36. The van der Waals surface area contributed by atoms with E-state index in [9.17, 15) is 14.9 Å². The number of hydrazine groups is 1. The monoisotopic (exact) mass is 363 g/mol. The zero-order chi connectivity index (χ0) is 18.0. The Bertz CT molecular complexity index is 791. The van der Waals surface area contributed by atoms with Crippen LogP contribution in [0, 0.1) is 11.3 Å². The molecule has 2 rings (SSSR count). The summed E-state index contributed by atoms with van der Waals surface area (Å²) < 4.78 is 0. The number of nitriles is 1. The van der Waals surface area contributed by atoms with Crippen molar-refractivity contribution in [3.8, 4) is 6.07 Å². The van der Waals surface area contributed by atoms with E-state index in [2.05, 4.69) is 22.0 Å². The molecule has 0 aliphatic carbocycles. The van der Waals surface area contributed by atoms with E-state index < -0.39 is 11.8 Å². The summed E-state index contributed by atoms with van der Waals surface area (Å²) in [4.78, 5) is 32.8. The van der Waals surface area contributed by atoms with E-state index in [-0.39, 0.29) is 27.9 Å². The van der Waals surface area contributed by atoms with E-state index >= 15 is 0 Å². The highest BCUT2D eigenvalue weighted by atomic mass is 35.5. The van der Waals surface area contributed by atoms with Gasteiger partial charge in [-0.15, -0.1) is 18.3 Å². The van der Waals surface area contributed by atoms with Gasteiger partial charge in [0.1, 0.15) is 27.5 Å². The first-order valence-corrected chi connectivity index (χ1v) is 8.46. The Morgan fingerprint density at radius 3 is 2.54 bits per heavy atom. The van der Waals surface area contributed by atoms with Gasteiger partial charge < -0.3 is 0 Å². The van der Waals surface area contributed by atoms with Gasteiger partial charge in [0.15, 0.2) is 5.82 Å². The number of nitrogens with one attached hydrogen (secondary N) is 1. The highest BCUT2D eigenvalue weighted by molar-refractivity contribution is 7.98. The number of hydrogen-bond acceptors (Lipinski definition) is 7. The lowest BCUT2D eigenvalue weighted by atomic mass is 10.1. The Morgan fingerprint density at radius 1 is 1.42 bits per heavy atom. The van der Waals surface area contributed by atoms with E-state index in [4.69, 9.17) is 11.6 Å². The molecule has 2 heterocycles. The summed E-state index contributed by atoms with van der Waals surface area (Å²) in [5.74, 6) is -0.952. The first-order valence-electron chi connectivity index (χ1n) is 6.86. The van der Waals surface area contributed by atoms with Crippen molar-refractivity contribution in [3.63, 3.8) is 0 Å². The molecule has 0 saturated heterocycles. The number of thioether (sulfide) groups is 1. The third kappa shape index (κ3) is 3.00. The predicted octanol–water partition coefficient (Wildman–Crippen LogP) is 2.57. The Balaban J connectivity index is 2.50. The molecule has 7 nitrogen and oxygen atoms in total. The van der Waals surface area contributed by atoms with Crippen molar-refractivity contribution in [2.24, 2.45) is 0 Å². The fraction of sp³-hybridized carbons (Fsp3) is 0.267. The fourth-order valence-electron chi connectivity index (χ4n) is 1.91. The average molecular weight is 364 g/mol. The van der Waals surface area contributed by atoms with Gasteiger partial charge in [-0.25, -0.2) is 9.97 Å². The van der Waals surface area contributed by atoms with Gasteiger partial charge in [0.2, 0.25) is 0 Å². The lowest BCUT2D eigenvalue weighted by molar-refractivity contribution is -0.135. The zero-order valence-corrected chi connectivity index (χ0v) is 14.8. The Kier molecular flexibility index (Phi) is 5.26. The van der Waals surface area contributed by atoms with Gasteiger partial charge in [-0.3, -0.25) is 15.0 Å². The third-order valence-electron chi connectivity index (χ3n) is 3.42. The van der Waals surface area contributed by atoms with Crippen molar-refractivity contribution in [1.82, 2.24) is 15.0 Å². The first-order chi connectivity index (χ1) is 11.3. The maximum Gasteiger partial charge on any atom is 0.291 e. The molecule has 9 heteroatoms. The molecule has 2 amide bonds. The molecule has 0 spiro atoms. The Labute approximate surface area is 148 Å². The van der Waals surface area contributed by atoms with Gasteiger partial charge in [-0.2, -0.15) is 10.3 Å². The van der Waals surface area contributed by atoms with Crippen LogP contribution in [0.1, 0.15) is 31.2 Å². The quantitative estimate of drug-likeness (QED) is 0.371. The largest absolute Gasteiger partial charge is 0.291 e. The molecular formula is C15H14ClN5O2S. The number of anilines is 1. The predicted molar refractivity (Wildman–Crippen MR) is 91.2 cm³/mol.